The highest BCUT2D eigenvalue weighted by Gasteiger charge is 2.10. The molecule has 0 saturated heterocycles. The minimum absolute atomic E-state index is 0.418. The van der Waals surface area contributed by atoms with Crippen LogP contribution in [-0.4, -0.2) is 10.1 Å². The van der Waals surface area contributed by atoms with E-state index in [1.807, 2.05) is 13.8 Å². The van der Waals surface area contributed by atoms with Crippen molar-refractivity contribution in [1.29, 1.82) is 0 Å². The molecule has 0 fully saturated rings. The summed E-state index contributed by atoms with van der Waals surface area (Å²) in [5, 5.41) is 10.7. The van der Waals surface area contributed by atoms with E-state index in [-0.39, 0.29) is 0 Å². The summed E-state index contributed by atoms with van der Waals surface area (Å²) in [6.45, 7) is 7.86. The number of nitrogens with zero attached hydrogens (tertiary/aromatic N) is 1. The molecule has 0 aliphatic rings. The van der Waals surface area contributed by atoms with Crippen LogP contribution in [0.2, 0.25) is 0 Å². The number of thiazole rings is 1. The van der Waals surface area contributed by atoms with Gasteiger partial charge in [0.1, 0.15) is 0 Å². The number of rotatable bonds is 4. The largest absolute Gasteiger partial charge is 0.387 e. The van der Waals surface area contributed by atoms with Crippen molar-refractivity contribution < 1.29 is 5.11 Å². The van der Waals surface area contributed by atoms with Crippen LogP contribution in [0.3, 0.4) is 0 Å². The summed E-state index contributed by atoms with van der Waals surface area (Å²) in [5.74, 6) is 0. The van der Waals surface area contributed by atoms with Crippen molar-refractivity contribution >= 4 is 11.3 Å². The maximum Gasteiger partial charge on any atom is 0.0934 e. The van der Waals surface area contributed by atoms with Gasteiger partial charge in [-0.1, -0.05) is 19.1 Å². The van der Waals surface area contributed by atoms with Gasteiger partial charge in [0.2, 0.25) is 0 Å². The molecule has 1 aromatic heterocycles. The van der Waals surface area contributed by atoms with Gasteiger partial charge < -0.3 is 5.11 Å². The van der Waals surface area contributed by atoms with Gasteiger partial charge in [-0.05, 0) is 19.8 Å². The molecule has 0 saturated carbocycles. The van der Waals surface area contributed by atoms with Gasteiger partial charge in [-0.15, -0.1) is 11.3 Å². The zero-order valence-electron chi connectivity index (χ0n) is 8.08. The first-order chi connectivity index (χ1) is 6.13. The third kappa shape index (κ3) is 2.94. The fraction of sp³-hybridized carbons (Fsp3) is 0.500. The van der Waals surface area contributed by atoms with E-state index in [0.29, 0.717) is 6.42 Å². The predicted octanol–water partition coefficient (Wildman–Crippen LogP) is 2.84. The molecular formula is C10H15NOS. The molecule has 0 amide bonds. The molecule has 72 valence electrons. The fourth-order valence-corrected chi connectivity index (χ4v) is 1.82. The molecule has 0 spiro atoms. The average molecular weight is 197 g/mol. The number of aliphatic hydroxyl groups is 1. The first-order valence-electron chi connectivity index (χ1n) is 4.40. The third-order valence-corrected chi connectivity index (χ3v) is 2.96. The van der Waals surface area contributed by atoms with Gasteiger partial charge in [-0.3, -0.25) is 0 Å². The van der Waals surface area contributed by atoms with E-state index < -0.39 is 6.10 Å². The molecular weight excluding hydrogens is 182 g/mol. The number of aliphatic hydroxyl groups excluding tert-OH is 1. The second-order valence-electron chi connectivity index (χ2n) is 3.11. The molecule has 3 heteroatoms. The molecule has 0 aromatic carbocycles. The van der Waals surface area contributed by atoms with Crippen LogP contribution in [0.25, 0.3) is 0 Å². The van der Waals surface area contributed by atoms with Crippen LogP contribution in [0.5, 0.6) is 0 Å². The van der Waals surface area contributed by atoms with E-state index in [4.69, 9.17) is 0 Å². The zero-order chi connectivity index (χ0) is 9.84. The SMILES string of the molecule is C=C(CC)CC(O)c1cnc(C)s1. The van der Waals surface area contributed by atoms with Gasteiger partial charge in [0.05, 0.1) is 16.0 Å². The monoisotopic (exact) mass is 197 g/mol. The summed E-state index contributed by atoms with van der Waals surface area (Å²) >= 11 is 1.55. The summed E-state index contributed by atoms with van der Waals surface area (Å²) in [4.78, 5) is 5.04. The number of hydrogen-bond donors (Lipinski definition) is 1. The maximum absolute atomic E-state index is 9.74. The summed E-state index contributed by atoms with van der Waals surface area (Å²) in [7, 11) is 0. The second-order valence-corrected chi connectivity index (χ2v) is 4.37. The highest BCUT2D eigenvalue weighted by atomic mass is 32.1. The van der Waals surface area contributed by atoms with E-state index in [2.05, 4.69) is 11.6 Å². The molecule has 1 heterocycles. The van der Waals surface area contributed by atoms with Crippen molar-refractivity contribution in [3.05, 3.63) is 28.2 Å². The van der Waals surface area contributed by atoms with Crippen LogP contribution < -0.4 is 0 Å². The van der Waals surface area contributed by atoms with E-state index in [9.17, 15) is 5.11 Å². The fourth-order valence-electron chi connectivity index (χ4n) is 1.05. The molecule has 0 aliphatic heterocycles. The normalized spacial score (nSPS) is 12.8. The molecule has 1 aromatic rings. The Kier molecular flexibility index (Phi) is 3.63. The summed E-state index contributed by atoms with van der Waals surface area (Å²) in [6.07, 6.45) is 2.90. The van der Waals surface area contributed by atoms with Crippen LogP contribution in [0.4, 0.5) is 0 Å². The standard InChI is InChI=1S/C10H15NOS/c1-4-7(2)5-9(12)10-6-11-8(3)13-10/h6,9,12H,2,4-5H2,1,3H3. The number of aryl methyl sites for hydroxylation is 1. The summed E-state index contributed by atoms with van der Waals surface area (Å²) in [5.41, 5.74) is 1.08. The Bertz CT molecular complexity index is 293. The predicted molar refractivity (Wildman–Crippen MR) is 55.9 cm³/mol. The molecule has 2 nitrogen and oxygen atoms in total. The Morgan fingerprint density at radius 3 is 2.92 bits per heavy atom. The van der Waals surface area contributed by atoms with Gasteiger partial charge >= 0.3 is 0 Å². The lowest BCUT2D eigenvalue weighted by atomic mass is 10.1. The average Bonchev–Trinajstić information content (AvgIpc) is 2.51. The quantitative estimate of drug-likeness (QED) is 0.753. The van der Waals surface area contributed by atoms with Crippen molar-refractivity contribution in [2.45, 2.75) is 32.8 Å². The van der Waals surface area contributed by atoms with Crippen molar-refractivity contribution in [3.63, 3.8) is 0 Å². The van der Waals surface area contributed by atoms with Crippen molar-refractivity contribution in [3.8, 4) is 0 Å². The lowest BCUT2D eigenvalue weighted by Gasteiger charge is -2.08. The second kappa shape index (κ2) is 4.53. The summed E-state index contributed by atoms with van der Waals surface area (Å²) in [6, 6.07) is 0. The van der Waals surface area contributed by atoms with Crippen LogP contribution in [0.1, 0.15) is 35.8 Å². The molecule has 0 aliphatic carbocycles. The smallest absolute Gasteiger partial charge is 0.0934 e. The van der Waals surface area contributed by atoms with Crippen LogP contribution >= 0.6 is 11.3 Å². The van der Waals surface area contributed by atoms with E-state index in [0.717, 1.165) is 21.9 Å². The van der Waals surface area contributed by atoms with Gasteiger partial charge in [0.25, 0.3) is 0 Å². The molecule has 1 atom stereocenters. The topological polar surface area (TPSA) is 33.1 Å². The van der Waals surface area contributed by atoms with Gasteiger partial charge in [-0.25, -0.2) is 4.98 Å². The highest BCUT2D eigenvalue weighted by Crippen LogP contribution is 2.25. The minimum Gasteiger partial charge on any atom is -0.387 e. The van der Waals surface area contributed by atoms with Gasteiger partial charge in [0, 0.05) is 6.20 Å². The van der Waals surface area contributed by atoms with Crippen LogP contribution in [0, 0.1) is 6.92 Å². The molecule has 0 bridgehead atoms. The van der Waals surface area contributed by atoms with E-state index in [1.54, 1.807) is 17.5 Å². The summed E-state index contributed by atoms with van der Waals surface area (Å²) < 4.78 is 0. The first kappa shape index (κ1) is 10.4. The van der Waals surface area contributed by atoms with E-state index in [1.165, 1.54) is 0 Å². The minimum atomic E-state index is -0.418. The van der Waals surface area contributed by atoms with Crippen LogP contribution in [-0.2, 0) is 0 Å². The van der Waals surface area contributed by atoms with Crippen molar-refractivity contribution in [1.82, 2.24) is 4.98 Å². The van der Waals surface area contributed by atoms with Crippen LogP contribution in [0.15, 0.2) is 18.3 Å². The Balaban J connectivity index is 2.58. The highest BCUT2D eigenvalue weighted by molar-refractivity contribution is 7.11. The Morgan fingerprint density at radius 1 is 1.77 bits per heavy atom. The first-order valence-corrected chi connectivity index (χ1v) is 5.22. The molecule has 1 N–H and O–H groups in total. The van der Waals surface area contributed by atoms with Gasteiger partial charge in [0.15, 0.2) is 0 Å². The number of aromatic nitrogens is 1. The Hall–Kier alpha value is -0.670. The maximum atomic E-state index is 9.74. The number of hydrogen-bond acceptors (Lipinski definition) is 3. The van der Waals surface area contributed by atoms with Crippen molar-refractivity contribution in [2.24, 2.45) is 0 Å². The zero-order valence-corrected chi connectivity index (χ0v) is 8.90. The lowest BCUT2D eigenvalue weighted by Crippen LogP contribution is -1.95. The third-order valence-electron chi connectivity index (χ3n) is 1.95. The molecule has 1 unspecified atom stereocenters. The lowest BCUT2D eigenvalue weighted by molar-refractivity contribution is 0.181. The Morgan fingerprint density at radius 2 is 2.46 bits per heavy atom. The molecule has 1 rings (SSSR count). The molecule has 13 heavy (non-hydrogen) atoms. The van der Waals surface area contributed by atoms with E-state index >= 15 is 0 Å². The van der Waals surface area contributed by atoms with Crippen molar-refractivity contribution in [2.75, 3.05) is 0 Å². The Labute approximate surface area is 83.0 Å². The molecule has 0 radical (unpaired) electrons. The van der Waals surface area contributed by atoms with Gasteiger partial charge in [-0.2, -0.15) is 0 Å².